The van der Waals surface area contributed by atoms with Gasteiger partial charge in [0.15, 0.2) is 5.16 Å². The van der Waals surface area contributed by atoms with Gasteiger partial charge in [0.25, 0.3) is 0 Å². The van der Waals surface area contributed by atoms with Gasteiger partial charge in [0.05, 0.1) is 5.52 Å². The summed E-state index contributed by atoms with van der Waals surface area (Å²) in [6.45, 7) is 0. The minimum absolute atomic E-state index is 0.343. The summed E-state index contributed by atoms with van der Waals surface area (Å²) < 4.78 is 0. The average Bonchev–Trinajstić information content (AvgIpc) is 2.48. The Bertz CT molecular complexity index is 776. The maximum Gasteiger partial charge on any atom is 0.195 e. The van der Waals surface area contributed by atoms with Crippen LogP contribution in [0.2, 0.25) is 0 Å². The first-order chi connectivity index (χ1) is 9.36. The topological polar surface area (TPSA) is 75.3 Å². The van der Waals surface area contributed by atoms with Gasteiger partial charge in [-0.15, -0.1) is 0 Å². The van der Waals surface area contributed by atoms with E-state index in [2.05, 4.69) is 19.9 Å². The first kappa shape index (κ1) is 11.6. The molecule has 0 aliphatic rings. The van der Waals surface area contributed by atoms with Crippen molar-refractivity contribution in [3.63, 3.8) is 0 Å². The number of aromatic nitrogens is 4. The molecular weight excluding hydrogens is 258 g/mol. The molecule has 1 aromatic carbocycles. The number of nitrogens with zero attached hydrogens (tertiary/aromatic N) is 5. The number of nitriles is 1. The summed E-state index contributed by atoms with van der Waals surface area (Å²) in [5.74, 6) is 0. The third kappa shape index (κ3) is 2.37. The van der Waals surface area contributed by atoms with Gasteiger partial charge in [-0.05, 0) is 23.9 Å². The Morgan fingerprint density at radius 3 is 2.84 bits per heavy atom. The van der Waals surface area contributed by atoms with Gasteiger partial charge < -0.3 is 0 Å². The van der Waals surface area contributed by atoms with E-state index in [0.717, 1.165) is 15.9 Å². The second-order valence-electron chi connectivity index (χ2n) is 3.63. The van der Waals surface area contributed by atoms with Gasteiger partial charge in [0.1, 0.15) is 23.1 Å². The van der Waals surface area contributed by atoms with E-state index in [1.54, 1.807) is 12.3 Å². The molecule has 3 aromatic rings. The molecule has 0 aliphatic heterocycles. The van der Waals surface area contributed by atoms with Crippen LogP contribution in [-0.4, -0.2) is 19.9 Å². The molecule has 19 heavy (non-hydrogen) atoms. The van der Waals surface area contributed by atoms with E-state index in [1.807, 2.05) is 30.3 Å². The molecule has 0 atom stereocenters. The van der Waals surface area contributed by atoms with Crippen molar-refractivity contribution >= 4 is 22.7 Å². The Labute approximate surface area is 113 Å². The number of hydrogen-bond donors (Lipinski definition) is 0. The quantitative estimate of drug-likeness (QED) is 0.523. The molecule has 0 fully saturated rings. The molecule has 0 amide bonds. The fraction of sp³-hybridized carbons (Fsp3) is 0. The maximum absolute atomic E-state index is 8.82. The van der Waals surface area contributed by atoms with E-state index in [0.29, 0.717) is 10.9 Å². The first-order valence-corrected chi connectivity index (χ1v) is 6.29. The highest BCUT2D eigenvalue weighted by atomic mass is 32.2. The number of para-hydroxylation sites is 1. The maximum atomic E-state index is 8.82. The minimum atomic E-state index is 0.343. The number of fused-ring (bicyclic) bond motifs is 1. The van der Waals surface area contributed by atoms with Crippen molar-refractivity contribution in [1.82, 2.24) is 19.9 Å². The van der Waals surface area contributed by atoms with Gasteiger partial charge in [-0.3, -0.25) is 0 Å². The molecule has 0 saturated carbocycles. The van der Waals surface area contributed by atoms with Crippen molar-refractivity contribution in [2.45, 2.75) is 10.2 Å². The third-order valence-electron chi connectivity index (χ3n) is 2.44. The van der Waals surface area contributed by atoms with Gasteiger partial charge in [-0.2, -0.15) is 5.26 Å². The van der Waals surface area contributed by atoms with Crippen LogP contribution in [-0.2, 0) is 0 Å². The lowest BCUT2D eigenvalue weighted by Gasteiger charge is -2.03. The predicted molar refractivity (Wildman–Crippen MR) is 70.4 cm³/mol. The fourth-order valence-electron chi connectivity index (χ4n) is 1.60. The average molecular weight is 265 g/mol. The second-order valence-corrected chi connectivity index (χ2v) is 4.59. The van der Waals surface area contributed by atoms with Crippen molar-refractivity contribution in [1.29, 1.82) is 5.26 Å². The largest absolute Gasteiger partial charge is 0.236 e. The van der Waals surface area contributed by atoms with E-state index in [4.69, 9.17) is 5.26 Å². The zero-order chi connectivity index (χ0) is 13.1. The molecule has 0 bridgehead atoms. The van der Waals surface area contributed by atoms with Gasteiger partial charge >= 0.3 is 0 Å². The molecule has 3 rings (SSSR count). The van der Waals surface area contributed by atoms with E-state index in [-0.39, 0.29) is 0 Å². The Morgan fingerprint density at radius 2 is 1.95 bits per heavy atom. The summed E-state index contributed by atoms with van der Waals surface area (Å²) in [5.41, 5.74) is 1.22. The second kappa shape index (κ2) is 5.00. The Morgan fingerprint density at radius 1 is 1.05 bits per heavy atom. The van der Waals surface area contributed by atoms with Crippen molar-refractivity contribution in [2.24, 2.45) is 0 Å². The molecular formula is C13H7N5S. The van der Waals surface area contributed by atoms with Crippen LogP contribution in [0.1, 0.15) is 5.69 Å². The Kier molecular flexibility index (Phi) is 3.04. The normalized spacial score (nSPS) is 10.3. The summed E-state index contributed by atoms with van der Waals surface area (Å²) in [4.78, 5) is 16.7. The van der Waals surface area contributed by atoms with Crippen LogP contribution in [0.5, 0.6) is 0 Å². The summed E-state index contributed by atoms with van der Waals surface area (Å²) in [7, 11) is 0. The van der Waals surface area contributed by atoms with Gasteiger partial charge in [-0.1, -0.05) is 18.2 Å². The fourth-order valence-corrected chi connectivity index (χ4v) is 2.41. The SMILES string of the molecule is N#Cc1ccnc(Sc2ncnc3ccccc23)n1. The van der Waals surface area contributed by atoms with Crippen LogP contribution >= 0.6 is 11.8 Å². The molecule has 0 unspecified atom stereocenters. The van der Waals surface area contributed by atoms with Crippen molar-refractivity contribution in [2.75, 3.05) is 0 Å². The standard InChI is InChI=1S/C13H7N5S/c14-7-9-5-6-15-13(18-9)19-12-10-3-1-2-4-11(10)16-8-17-12/h1-6,8H. The van der Waals surface area contributed by atoms with Crippen LogP contribution in [0, 0.1) is 11.3 Å². The smallest absolute Gasteiger partial charge is 0.195 e. The van der Waals surface area contributed by atoms with Gasteiger partial charge in [0.2, 0.25) is 0 Å². The molecule has 6 heteroatoms. The Hall–Kier alpha value is -2.52. The number of benzene rings is 1. The molecule has 0 aliphatic carbocycles. The van der Waals surface area contributed by atoms with Crippen LogP contribution in [0.25, 0.3) is 10.9 Å². The van der Waals surface area contributed by atoms with Crippen LogP contribution < -0.4 is 0 Å². The van der Waals surface area contributed by atoms with E-state index >= 15 is 0 Å². The molecule has 0 N–H and O–H groups in total. The van der Waals surface area contributed by atoms with Crippen molar-refractivity contribution < 1.29 is 0 Å². The van der Waals surface area contributed by atoms with Crippen LogP contribution in [0.3, 0.4) is 0 Å². The lowest BCUT2D eigenvalue weighted by Crippen LogP contribution is -1.91. The predicted octanol–water partition coefficient (Wildman–Crippen LogP) is 2.44. The van der Waals surface area contributed by atoms with E-state index in [9.17, 15) is 0 Å². The minimum Gasteiger partial charge on any atom is -0.236 e. The summed E-state index contributed by atoms with van der Waals surface area (Å²) in [6, 6.07) is 11.3. The number of rotatable bonds is 2. The molecule has 5 nitrogen and oxygen atoms in total. The van der Waals surface area contributed by atoms with Crippen molar-refractivity contribution in [3.8, 4) is 6.07 Å². The van der Waals surface area contributed by atoms with Crippen molar-refractivity contribution in [3.05, 3.63) is 48.5 Å². The first-order valence-electron chi connectivity index (χ1n) is 5.47. The number of hydrogen-bond acceptors (Lipinski definition) is 6. The molecule has 0 spiro atoms. The van der Waals surface area contributed by atoms with Crippen LogP contribution in [0.15, 0.2) is 53.0 Å². The lowest BCUT2D eigenvalue weighted by molar-refractivity contribution is 0.947. The Balaban J connectivity index is 2.04. The molecule has 0 saturated heterocycles. The zero-order valence-electron chi connectivity index (χ0n) is 9.69. The highest BCUT2D eigenvalue weighted by Crippen LogP contribution is 2.28. The molecule has 0 radical (unpaired) electrons. The van der Waals surface area contributed by atoms with Gasteiger partial charge in [-0.25, -0.2) is 19.9 Å². The van der Waals surface area contributed by atoms with Gasteiger partial charge in [0, 0.05) is 11.6 Å². The van der Waals surface area contributed by atoms with E-state index < -0.39 is 0 Å². The highest BCUT2D eigenvalue weighted by Gasteiger charge is 2.07. The summed E-state index contributed by atoms with van der Waals surface area (Å²) in [5, 5.41) is 11.1. The van der Waals surface area contributed by atoms with Crippen LogP contribution in [0.4, 0.5) is 0 Å². The van der Waals surface area contributed by atoms with E-state index in [1.165, 1.54) is 18.1 Å². The lowest BCUT2D eigenvalue weighted by atomic mass is 10.2. The molecule has 2 heterocycles. The molecule has 90 valence electrons. The summed E-state index contributed by atoms with van der Waals surface area (Å²) in [6.07, 6.45) is 3.08. The molecule has 2 aromatic heterocycles. The zero-order valence-corrected chi connectivity index (χ0v) is 10.5. The summed E-state index contributed by atoms with van der Waals surface area (Å²) >= 11 is 1.32. The third-order valence-corrected chi connectivity index (χ3v) is 3.34. The highest BCUT2D eigenvalue weighted by molar-refractivity contribution is 7.99. The monoisotopic (exact) mass is 265 g/mol.